The summed E-state index contributed by atoms with van der Waals surface area (Å²) in [5.74, 6) is -0.980. The van der Waals surface area contributed by atoms with Crippen molar-refractivity contribution in [1.82, 2.24) is 10.0 Å². The molecule has 7 heteroatoms. The lowest BCUT2D eigenvalue weighted by Gasteiger charge is -2.24. The van der Waals surface area contributed by atoms with Gasteiger partial charge in [-0.3, -0.25) is 9.59 Å². The highest BCUT2D eigenvalue weighted by molar-refractivity contribution is 7.99. The molecule has 6 nitrogen and oxygen atoms in total. The maximum Gasteiger partial charge on any atom is 0.333 e. The molecule has 2 rings (SSSR count). The number of thioether (sulfide) groups is 1. The van der Waals surface area contributed by atoms with Crippen LogP contribution in [0.5, 0.6) is 0 Å². The first-order chi connectivity index (χ1) is 12.0. The number of hydrogen-bond donors (Lipinski definition) is 0. The molecular formula is C18H24N2O4S. The summed E-state index contributed by atoms with van der Waals surface area (Å²) in [5.41, 5.74) is 0. The fraction of sp³-hybridized carbons (Fsp3) is 0.556. The van der Waals surface area contributed by atoms with Crippen LogP contribution in [-0.2, 0) is 19.2 Å². The standard InChI is InChI=1S/C18H24N2O4S/c1-3-13(4-2)14(25-15-7-5-6-12-19-15)8-11-18(23)24-20-16(21)9-10-17(20)22/h5-7,12-14H,3-4,8-11H2,1-2H3. The quantitative estimate of drug-likeness (QED) is 0.494. The first-order valence-corrected chi connectivity index (χ1v) is 9.57. The van der Waals surface area contributed by atoms with Gasteiger partial charge in [0.25, 0.3) is 11.8 Å². The molecule has 0 N–H and O–H groups in total. The predicted octanol–water partition coefficient (Wildman–Crippen LogP) is 3.37. The molecule has 1 aliphatic rings. The van der Waals surface area contributed by atoms with Crippen LogP contribution in [0.3, 0.4) is 0 Å². The summed E-state index contributed by atoms with van der Waals surface area (Å²) >= 11 is 1.67. The lowest BCUT2D eigenvalue weighted by atomic mass is 9.96. The van der Waals surface area contributed by atoms with Crippen molar-refractivity contribution in [2.24, 2.45) is 5.92 Å². The number of hydrogen-bond acceptors (Lipinski definition) is 6. The van der Waals surface area contributed by atoms with E-state index in [9.17, 15) is 14.4 Å². The number of nitrogens with zero attached hydrogens (tertiary/aromatic N) is 2. The Morgan fingerprint density at radius 1 is 1.24 bits per heavy atom. The normalized spacial score (nSPS) is 15.7. The molecule has 1 aromatic rings. The highest BCUT2D eigenvalue weighted by atomic mass is 32.2. The van der Waals surface area contributed by atoms with Gasteiger partial charge in [0.05, 0.1) is 5.03 Å². The summed E-state index contributed by atoms with van der Waals surface area (Å²) in [7, 11) is 0. The van der Waals surface area contributed by atoms with Crippen molar-refractivity contribution in [3.8, 4) is 0 Å². The second-order valence-electron chi connectivity index (χ2n) is 5.98. The summed E-state index contributed by atoms with van der Waals surface area (Å²) in [6.07, 6.45) is 4.78. The molecule has 1 atom stereocenters. The fourth-order valence-corrected chi connectivity index (χ4v) is 4.24. The minimum atomic E-state index is -0.541. The maximum atomic E-state index is 12.1. The van der Waals surface area contributed by atoms with Crippen LogP contribution in [0.25, 0.3) is 0 Å². The Labute approximate surface area is 152 Å². The number of aromatic nitrogens is 1. The third kappa shape index (κ3) is 5.56. The Balaban J connectivity index is 1.93. The first-order valence-electron chi connectivity index (χ1n) is 8.69. The van der Waals surface area contributed by atoms with Crippen LogP contribution in [0.4, 0.5) is 0 Å². The summed E-state index contributed by atoms with van der Waals surface area (Å²) in [6, 6.07) is 5.77. The van der Waals surface area contributed by atoms with Gasteiger partial charge in [-0.25, -0.2) is 9.78 Å². The van der Waals surface area contributed by atoms with Gasteiger partial charge in [-0.2, -0.15) is 0 Å². The second-order valence-corrected chi connectivity index (χ2v) is 7.24. The van der Waals surface area contributed by atoms with E-state index in [-0.39, 0.29) is 24.5 Å². The number of amides is 2. The Hall–Kier alpha value is -1.89. The molecule has 2 heterocycles. The van der Waals surface area contributed by atoms with Gasteiger partial charge in [-0.1, -0.05) is 32.8 Å². The molecule has 1 aliphatic heterocycles. The number of carbonyl (C=O) groups excluding carboxylic acids is 3. The van der Waals surface area contributed by atoms with E-state index in [0.29, 0.717) is 17.4 Å². The van der Waals surface area contributed by atoms with Gasteiger partial charge in [-0.15, -0.1) is 16.8 Å². The van der Waals surface area contributed by atoms with Gasteiger partial charge in [0.2, 0.25) is 0 Å². The maximum absolute atomic E-state index is 12.1. The molecule has 1 aromatic heterocycles. The van der Waals surface area contributed by atoms with E-state index in [4.69, 9.17) is 4.84 Å². The molecule has 0 bridgehead atoms. The average Bonchev–Trinajstić information content (AvgIpc) is 2.93. The summed E-state index contributed by atoms with van der Waals surface area (Å²) in [4.78, 5) is 44.4. The highest BCUT2D eigenvalue weighted by Gasteiger charge is 2.33. The lowest BCUT2D eigenvalue weighted by Crippen LogP contribution is -2.32. The summed E-state index contributed by atoms with van der Waals surface area (Å²) in [6.45, 7) is 4.28. The van der Waals surface area contributed by atoms with Gasteiger partial charge in [0.15, 0.2) is 0 Å². The lowest BCUT2D eigenvalue weighted by molar-refractivity contribution is -0.197. The van der Waals surface area contributed by atoms with Crippen LogP contribution < -0.4 is 0 Å². The number of hydroxylamine groups is 2. The molecule has 0 aliphatic carbocycles. The Morgan fingerprint density at radius 2 is 1.92 bits per heavy atom. The van der Waals surface area contributed by atoms with E-state index in [0.717, 1.165) is 17.9 Å². The third-order valence-electron chi connectivity index (χ3n) is 4.32. The van der Waals surface area contributed by atoms with Crippen LogP contribution in [0.1, 0.15) is 52.4 Å². The van der Waals surface area contributed by atoms with Crippen LogP contribution >= 0.6 is 11.8 Å². The van der Waals surface area contributed by atoms with Gasteiger partial charge in [0.1, 0.15) is 0 Å². The van der Waals surface area contributed by atoms with Gasteiger partial charge in [0, 0.05) is 30.7 Å². The van der Waals surface area contributed by atoms with Crippen LogP contribution in [0, 0.1) is 5.92 Å². The highest BCUT2D eigenvalue weighted by Crippen LogP contribution is 2.33. The van der Waals surface area contributed by atoms with Crippen molar-refractivity contribution in [3.05, 3.63) is 24.4 Å². The predicted molar refractivity (Wildman–Crippen MR) is 94.4 cm³/mol. The van der Waals surface area contributed by atoms with Crippen molar-refractivity contribution < 1.29 is 19.2 Å². The van der Waals surface area contributed by atoms with E-state index in [1.165, 1.54) is 0 Å². The third-order valence-corrected chi connectivity index (χ3v) is 5.72. The van der Waals surface area contributed by atoms with E-state index < -0.39 is 17.8 Å². The molecule has 136 valence electrons. The van der Waals surface area contributed by atoms with E-state index in [1.54, 1.807) is 18.0 Å². The smallest absolute Gasteiger partial charge is 0.330 e. The van der Waals surface area contributed by atoms with E-state index >= 15 is 0 Å². The summed E-state index contributed by atoms with van der Waals surface area (Å²) in [5, 5.41) is 1.76. The molecule has 0 spiro atoms. The topological polar surface area (TPSA) is 76.6 Å². The molecule has 0 saturated carbocycles. The Bertz CT molecular complexity index is 588. The van der Waals surface area contributed by atoms with Crippen molar-refractivity contribution in [2.75, 3.05) is 0 Å². The van der Waals surface area contributed by atoms with E-state index in [2.05, 4.69) is 18.8 Å². The van der Waals surface area contributed by atoms with Crippen LogP contribution in [-0.4, -0.2) is 33.1 Å². The SMILES string of the molecule is CCC(CC)C(CCC(=O)ON1C(=O)CCC1=O)Sc1ccccn1. The first kappa shape index (κ1) is 19.4. The minimum Gasteiger partial charge on any atom is -0.330 e. The Kier molecular flexibility index (Phi) is 7.43. The van der Waals surface area contributed by atoms with Crippen molar-refractivity contribution >= 4 is 29.5 Å². The number of carbonyl (C=O) groups is 3. The van der Waals surface area contributed by atoms with Crippen molar-refractivity contribution in [2.45, 2.75) is 62.6 Å². The Morgan fingerprint density at radius 3 is 2.48 bits per heavy atom. The minimum absolute atomic E-state index is 0.109. The van der Waals surface area contributed by atoms with Crippen molar-refractivity contribution in [3.63, 3.8) is 0 Å². The fourth-order valence-electron chi connectivity index (χ4n) is 2.84. The molecule has 0 radical (unpaired) electrons. The van der Waals surface area contributed by atoms with Gasteiger partial charge < -0.3 is 4.84 Å². The number of pyridine rings is 1. The molecule has 1 fully saturated rings. The average molecular weight is 364 g/mol. The van der Waals surface area contributed by atoms with E-state index in [1.807, 2.05) is 18.2 Å². The molecule has 25 heavy (non-hydrogen) atoms. The molecular weight excluding hydrogens is 340 g/mol. The monoisotopic (exact) mass is 364 g/mol. The molecule has 1 saturated heterocycles. The molecule has 0 aromatic carbocycles. The van der Waals surface area contributed by atoms with Crippen LogP contribution in [0.15, 0.2) is 29.4 Å². The zero-order chi connectivity index (χ0) is 18.2. The van der Waals surface area contributed by atoms with Crippen molar-refractivity contribution in [1.29, 1.82) is 0 Å². The zero-order valence-corrected chi connectivity index (χ0v) is 15.5. The second kappa shape index (κ2) is 9.56. The largest absolute Gasteiger partial charge is 0.333 e. The number of imide groups is 1. The van der Waals surface area contributed by atoms with Crippen LogP contribution in [0.2, 0.25) is 0 Å². The summed E-state index contributed by atoms with van der Waals surface area (Å²) < 4.78 is 0. The molecule has 1 unspecified atom stereocenters. The van der Waals surface area contributed by atoms with Gasteiger partial charge >= 0.3 is 5.97 Å². The van der Waals surface area contributed by atoms with Gasteiger partial charge in [-0.05, 0) is 24.5 Å². The zero-order valence-electron chi connectivity index (χ0n) is 14.6. The number of rotatable bonds is 9. The molecule has 2 amide bonds.